The first kappa shape index (κ1) is 22.8. The predicted octanol–water partition coefficient (Wildman–Crippen LogP) is 4.00. The van der Waals surface area contributed by atoms with Crippen LogP contribution in [0.15, 0.2) is 41.7 Å². The topological polar surface area (TPSA) is 102 Å². The van der Waals surface area contributed by atoms with Gasteiger partial charge in [0.05, 0.1) is 32.2 Å². The molecule has 170 valence electrons. The molecule has 3 heterocycles. The molecule has 0 radical (unpaired) electrons. The van der Waals surface area contributed by atoms with Crippen molar-refractivity contribution < 1.29 is 21.6 Å². The third kappa shape index (κ3) is 4.53. The summed E-state index contributed by atoms with van der Waals surface area (Å²) in [7, 11) is -4.45. The van der Waals surface area contributed by atoms with Crippen molar-refractivity contribution in [1.29, 1.82) is 0 Å². The van der Waals surface area contributed by atoms with Crippen LogP contribution in [0.4, 0.5) is 18.9 Å². The number of anilines is 1. The SMILES string of the molecule is O=S(=O)(Nc1cc(Cl)cnc1-c1nncn1C1CCNC1)c1ccc(Cl)c(C(F)(F)F)c1. The van der Waals surface area contributed by atoms with Gasteiger partial charge < -0.3 is 9.88 Å². The molecule has 1 aromatic carbocycles. The Morgan fingerprint density at radius 3 is 2.69 bits per heavy atom. The van der Waals surface area contributed by atoms with Crippen molar-refractivity contribution in [3.63, 3.8) is 0 Å². The molecule has 2 aromatic heterocycles. The molecule has 3 aromatic rings. The van der Waals surface area contributed by atoms with Gasteiger partial charge in [0.2, 0.25) is 0 Å². The summed E-state index contributed by atoms with van der Waals surface area (Å²) in [5.74, 6) is 0.292. The van der Waals surface area contributed by atoms with Crippen LogP contribution in [-0.2, 0) is 16.2 Å². The normalized spacial score (nSPS) is 17.0. The molecule has 1 aliphatic heterocycles. The second-order valence-electron chi connectivity index (χ2n) is 7.00. The van der Waals surface area contributed by atoms with Crippen LogP contribution in [0, 0.1) is 0 Å². The van der Waals surface area contributed by atoms with Crippen LogP contribution in [0.25, 0.3) is 11.5 Å². The zero-order valence-electron chi connectivity index (χ0n) is 16.1. The van der Waals surface area contributed by atoms with Crippen molar-refractivity contribution in [3.05, 3.63) is 52.4 Å². The van der Waals surface area contributed by atoms with Gasteiger partial charge in [0.15, 0.2) is 5.82 Å². The van der Waals surface area contributed by atoms with Crippen LogP contribution in [0.2, 0.25) is 10.0 Å². The summed E-state index contributed by atoms with van der Waals surface area (Å²) in [5.41, 5.74) is -1.19. The predicted molar refractivity (Wildman–Crippen MR) is 112 cm³/mol. The first-order valence-electron chi connectivity index (χ1n) is 9.22. The molecule has 32 heavy (non-hydrogen) atoms. The summed E-state index contributed by atoms with van der Waals surface area (Å²) in [6.07, 6.45) is -1.19. The van der Waals surface area contributed by atoms with Crippen molar-refractivity contribution in [2.45, 2.75) is 23.5 Å². The van der Waals surface area contributed by atoms with Crippen LogP contribution in [0.1, 0.15) is 18.0 Å². The number of aromatic nitrogens is 4. The van der Waals surface area contributed by atoms with Crippen LogP contribution >= 0.6 is 23.2 Å². The third-order valence-corrected chi connectivity index (χ3v) is 6.76. The van der Waals surface area contributed by atoms with E-state index in [4.69, 9.17) is 23.2 Å². The maximum atomic E-state index is 13.2. The minimum Gasteiger partial charge on any atom is -0.315 e. The van der Waals surface area contributed by atoms with Crippen molar-refractivity contribution >= 4 is 38.9 Å². The van der Waals surface area contributed by atoms with Crippen LogP contribution in [0.3, 0.4) is 0 Å². The molecule has 2 N–H and O–H groups in total. The van der Waals surface area contributed by atoms with E-state index in [1.54, 1.807) is 4.57 Å². The fourth-order valence-corrected chi connectivity index (χ4v) is 4.81. The van der Waals surface area contributed by atoms with E-state index in [2.05, 4.69) is 25.2 Å². The zero-order chi connectivity index (χ0) is 23.1. The average molecular weight is 507 g/mol. The number of pyridine rings is 1. The number of halogens is 5. The Bertz CT molecular complexity index is 1260. The van der Waals surface area contributed by atoms with Gasteiger partial charge in [-0.3, -0.25) is 4.72 Å². The van der Waals surface area contributed by atoms with Crippen molar-refractivity contribution in [2.75, 3.05) is 17.8 Å². The van der Waals surface area contributed by atoms with E-state index in [1.807, 2.05) is 0 Å². The van der Waals surface area contributed by atoms with Gasteiger partial charge in [-0.25, -0.2) is 13.4 Å². The van der Waals surface area contributed by atoms with E-state index in [0.29, 0.717) is 18.4 Å². The Kier molecular flexibility index (Phi) is 6.05. The number of alkyl halides is 3. The van der Waals surface area contributed by atoms with Gasteiger partial charge in [-0.1, -0.05) is 23.2 Å². The van der Waals surface area contributed by atoms with Gasteiger partial charge in [0, 0.05) is 12.7 Å². The molecule has 1 saturated heterocycles. The number of rotatable bonds is 5. The summed E-state index contributed by atoms with van der Waals surface area (Å²) >= 11 is 11.6. The number of benzene rings is 1. The second-order valence-corrected chi connectivity index (χ2v) is 9.53. The quantitative estimate of drug-likeness (QED) is 0.542. The Labute approximate surface area is 190 Å². The molecule has 0 spiro atoms. The van der Waals surface area contributed by atoms with Crippen LogP contribution in [0.5, 0.6) is 0 Å². The minimum atomic E-state index is -4.82. The number of sulfonamides is 1. The molecule has 0 amide bonds. The Hall–Kier alpha value is -2.41. The van der Waals surface area contributed by atoms with E-state index in [9.17, 15) is 21.6 Å². The summed E-state index contributed by atoms with van der Waals surface area (Å²) in [6, 6.07) is 3.65. The minimum absolute atomic E-state index is 0.0348. The number of hydrogen-bond acceptors (Lipinski definition) is 6. The van der Waals surface area contributed by atoms with Gasteiger partial charge in [0.25, 0.3) is 10.0 Å². The number of nitrogens with one attached hydrogen (secondary N) is 2. The van der Waals surface area contributed by atoms with Crippen molar-refractivity contribution in [2.24, 2.45) is 0 Å². The van der Waals surface area contributed by atoms with E-state index in [-0.39, 0.29) is 22.4 Å². The highest BCUT2D eigenvalue weighted by molar-refractivity contribution is 7.92. The van der Waals surface area contributed by atoms with E-state index >= 15 is 0 Å². The third-order valence-electron chi connectivity index (χ3n) is 4.86. The monoisotopic (exact) mass is 506 g/mol. The Morgan fingerprint density at radius 2 is 2.00 bits per heavy atom. The lowest BCUT2D eigenvalue weighted by atomic mass is 10.2. The summed E-state index contributed by atoms with van der Waals surface area (Å²) in [6.45, 7) is 1.47. The largest absolute Gasteiger partial charge is 0.417 e. The highest BCUT2D eigenvalue weighted by atomic mass is 35.5. The zero-order valence-corrected chi connectivity index (χ0v) is 18.4. The van der Waals surface area contributed by atoms with E-state index < -0.39 is 31.7 Å². The van der Waals surface area contributed by atoms with Crippen molar-refractivity contribution in [3.8, 4) is 11.5 Å². The standard InChI is InChI=1S/C18H15Cl2F3N6O2S/c19-10-5-15(16(25-7-10)17-27-26-9-29(17)11-3-4-24-8-11)28-32(30,31)12-1-2-14(20)13(6-12)18(21,22)23/h1-2,5-7,9,11,24,28H,3-4,8H2. The van der Waals surface area contributed by atoms with Gasteiger partial charge in [-0.05, 0) is 37.2 Å². The van der Waals surface area contributed by atoms with Gasteiger partial charge >= 0.3 is 6.18 Å². The van der Waals surface area contributed by atoms with Gasteiger partial charge in [-0.15, -0.1) is 10.2 Å². The number of hydrogen-bond donors (Lipinski definition) is 2. The maximum absolute atomic E-state index is 13.2. The first-order valence-corrected chi connectivity index (χ1v) is 11.5. The Balaban J connectivity index is 1.75. The smallest absolute Gasteiger partial charge is 0.315 e. The molecule has 1 aliphatic rings. The lowest BCUT2D eigenvalue weighted by Gasteiger charge is -2.16. The highest BCUT2D eigenvalue weighted by Gasteiger charge is 2.35. The molecule has 0 bridgehead atoms. The Morgan fingerprint density at radius 1 is 1.22 bits per heavy atom. The van der Waals surface area contributed by atoms with Crippen LogP contribution < -0.4 is 10.0 Å². The fourth-order valence-electron chi connectivity index (χ4n) is 3.34. The van der Waals surface area contributed by atoms with Crippen LogP contribution in [-0.4, -0.2) is 41.3 Å². The molecule has 4 rings (SSSR count). The molecule has 0 aliphatic carbocycles. The van der Waals surface area contributed by atoms with E-state index in [1.165, 1.54) is 18.6 Å². The summed E-state index contributed by atoms with van der Waals surface area (Å²) in [4.78, 5) is 3.57. The molecular formula is C18H15Cl2F3N6O2S. The lowest BCUT2D eigenvalue weighted by Crippen LogP contribution is -2.17. The maximum Gasteiger partial charge on any atom is 0.417 e. The molecular weight excluding hydrogens is 492 g/mol. The second kappa shape index (κ2) is 8.50. The van der Waals surface area contributed by atoms with E-state index in [0.717, 1.165) is 25.1 Å². The van der Waals surface area contributed by atoms with Crippen molar-refractivity contribution in [1.82, 2.24) is 25.1 Å². The number of nitrogens with zero attached hydrogens (tertiary/aromatic N) is 4. The molecule has 14 heteroatoms. The molecule has 1 atom stereocenters. The molecule has 1 unspecified atom stereocenters. The summed E-state index contributed by atoms with van der Waals surface area (Å²) < 4.78 is 69.4. The molecule has 0 saturated carbocycles. The lowest BCUT2D eigenvalue weighted by molar-refractivity contribution is -0.137. The van der Waals surface area contributed by atoms with Gasteiger partial charge in [0.1, 0.15) is 12.0 Å². The first-order chi connectivity index (χ1) is 15.1. The summed E-state index contributed by atoms with van der Waals surface area (Å²) in [5, 5.41) is 10.7. The highest BCUT2D eigenvalue weighted by Crippen LogP contribution is 2.37. The molecule has 1 fully saturated rings. The van der Waals surface area contributed by atoms with Gasteiger partial charge in [-0.2, -0.15) is 13.2 Å². The fraction of sp³-hybridized carbons (Fsp3) is 0.278. The molecule has 8 nitrogen and oxygen atoms in total. The average Bonchev–Trinajstić information content (AvgIpc) is 3.38.